The van der Waals surface area contributed by atoms with Gasteiger partial charge in [-0.3, -0.25) is 0 Å². The summed E-state index contributed by atoms with van der Waals surface area (Å²) in [5.41, 5.74) is 0.836. The van der Waals surface area contributed by atoms with Gasteiger partial charge >= 0.3 is 0 Å². The van der Waals surface area contributed by atoms with Gasteiger partial charge in [-0.2, -0.15) is 0 Å². The summed E-state index contributed by atoms with van der Waals surface area (Å²) in [6, 6.07) is 10.6. The minimum atomic E-state index is -2.73. The lowest BCUT2D eigenvalue weighted by Gasteiger charge is -2.13. The third-order valence-electron chi connectivity index (χ3n) is 3.44. The smallest absolute Gasteiger partial charge is 0.160 e. The number of hydrogen-bond acceptors (Lipinski definition) is 4. The quantitative estimate of drug-likeness (QED) is 0.697. The number of ether oxygens (including phenoxy) is 3. The van der Waals surface area contributed by atoms with Gasteiger partial charge in [0.15, 0.2) is 11.5 Å². The number of benzene rings is 2. The topological polar surface area (TPSA) is 47.9 Å². The molecule has 0 heterocycles. The molecular weight excluding hydrogens is 316 g/mol. The van der Waals surface area contributed by atoms with E-state index in [1.807, 2.05) is 13.0 Å². The fourth-order valence-electron chi connectivity index (χ4n) is 2.14. The Kier molecular flexibility index (Phi) is 4.26. The molecule has 2 aromatic carbocycles. The molecule has 0 aromatic heterocycles. The molecule has 1 atom stereocenters. The van der Waals surface area contributed by atoms with Gasteiger partial charge in [0, 0.05) is 5.48 Å². The Hall–Kier alpha value is -2.20. The molecule has 0 fully saturated rings. The van der Waals surface area contributed by atoms with Crippen LogP contribution in [0, 0.1) is 6.92 Å². The predicted octanol–water partition coefficient (Wildman–Crippen LogP) is 4.16. The van der Waals surface area contributed by atoms with E-state index in [9.17, 15) is 5.11 Å². The Morgan fingerprint density at radius 3 is 2.84 bits per heavy atom. The first-order chi connectivity index (χ1) is 15.1. The van der Waals surface area contributed by atoms with Crippen LogP contribution in [0.5, 0.6) is 17.2 Å². The molecule has 0 aliphatic heterocycles. The minimum Gasteiger partial charge on any atom is -0.493 e. The zero-order valence-electron chi connectivity index (χ0n) is 22.3. The van der Waals surface area contributed by atoms with Crippen molar-refractivity contribution in [2.75, 3.05) is 20.8 Å². The highest BCUT2D eigenvalue weighted by molar-refractivity contribution is 5.42. The van der Waals surface area contributed by atoms with Gasteiger partial charge in [-0.05, 0) is 61.5 Å². The Morgan fingerprint density at radius 1 is 1.20 bits per heavy atom. The summed E-state index contributed by atoms with van der Waals surface area (Å²) >= 11 is 0. The Bertz CT molecular complexity index is 944. The van der Waals surface area contributed by atoms with Gasteiger partial charge in [-0.1, -0.05) is 24.6 Å². The molecule has 2 aromatic rings. The van der Waals surface area contributed by atoms with E-state index in [2.05, 4.69) is 0 Å². The van der Waals surface area contributed by atoms with Crippen LogP contribution in [0.15, 0.2) is 42.5 Å². The predicted molar refractivity (Wildman–Crippen MR) is 99.8 cm³/mol. The number of hydrogen-bond donors (Lipinski definition) is 1. The second kappa shape index (κ2) is 9.94. The van der Waals surface area contributed by atoms with Gasteiger partial charge < -0.3 is 19.3 Å². The SMILES string of the molecule is [2H]C(O)(CCC([2H])([2H])C([2H])([2H])c1ccc(OC([2H])([2H])[2H])c(OC)c1)COc1cccc(C)c1. The van der Waals surface area contributed by atoms with E-state index in [4.69, 9.17) is 25.2 Å². The van der Waals surface area contributed by atoms with Gasteiger partial charge in [0.05, 0.1) is 25.7 Å². The van der Waals surface area contributed by atoms with Gasteiger partial charge in [0.25, 0.3) is 0 Å². The Labute approximate surface area is 161 Å². The molecular formula is C21H28O4. The fourth-order valence-corrected chi connectivity index (χ4v) is 2.14. The maximum atomic E-state index is 10.3. The molecule has 0 radical (unpaired) electrons. The number of methoxy groups -OCH3 is 2. The molecule has 0 aliphatic rings. The summed E-state index contributed by atoms with van der Waals surface area (Å²) in [6.07, 6.45) is -8.03. The molecule has 1 N–H and O–H groups in total. The van der Waals surface area contributed by atoms with Crippen LogP contribution in [0.4, 0.5) is 0 Å². The first-order valence-corrected chi connectivity index (χ1v) is 7.86. The van der Waals surface area contributed by atoms with Crippen molar-refractivity contribution in [3.63, 3.8) is 0 Å². The van der Waals surface area contributed by atoms with Crippen LogP contribution in [-0.2, 0) is 6.37 Å². The standard InChI is InChI=1S/C21H28O4/c1-16-7-6-10-19(13-16)25-15-18(22)9-5-4-8-17-11-12-20(23-2)21(14-17)24-3/h6-7,10-14,18,22H,4-5,8-9,15H2,1-3H3/i2D3,4D2,8D2,18D. The fraction of sp³-hybridized carbons (Fsp3) is 0.429. The van der Waals surface area contributed by atoms with E-state index in [1.165, 1.54) is 25.3 Å². The minimum absolute atomic E-state index is 0.0631. The molecule has 4 heteroatoms. The summed E-state index contributed by atoms with van der Waals surface area (Å²) in [6.45, 7) is 1.46. The summed E-state index contributed by atoms with van der Waals surface area (Å²) < 4.78 is 78.3. The Morgan fingerprint density at radius 2 is 2.08 bits per heavy atom. The van der Waals surface area contributed by atoms with Crippen molar-refractivity contribution in [1.29, 1.82) is 0 Å². The van der Waals surface area contributed by atoms with Crippen LogP contribution >= 0.6 is 0 Å². The molecule has 0 spiro atoms. The third-order valence-corrected chi connectivity index (χ3v) is 3.44. The van der Waals surface area contributed by atoms with Crippen molar-refractivity contribution in [2.24, 2.45) is 0 Å². The molecule has 4 nitrogen and oxygen atoms in total. The van der Waals surface area contributed by atoms with Gasteiger partial charge in [-0.15, -0.1) is 0 Å². The highest BCUT2D eigenvalue weighted by Crippen LogP contribution is 2.28. The number of aryl methyl sites for hydroxylation is 2. The summed E-state index contributed by atoms with van der Waals surface area (Å²) in [7, 11) is -1.48. The van der Waals surface area contributed by atoms with Gasteiger partial charge in [0.1, 0.15) is 12.4 Å². The van der Waals surface area contributed by atoms with Crippen LogP contribution in [0.25, 0.3) is 0 Å². The van der Waals surface area contributed by atoms with Crippen LogP contribution in [0.1, 0.15) is 41.3 Å². The lowest BCUT2D eigenvalue weighted by Crippen LogP contribution is -2.17. The zero-order valence-corrected chi connectivity index (χ0v) is 14.3. The molecule has 2 rings (SSSR count). The highest BCUT2D eigenvalue weighted by Gasteiger charge is 2.07. The van der Waals surface area contributed by atoms with Crippen molar-refractivity contribution >= 4 is 0 Å². The van der Waals surface area contributed by atoms with Crippen molar-refractivity contribution in [1.82, 2.24) is 0 Å². The second-order valence-corrected chi connectivity index (χ2v) is 5.44. The van der Waals surface area contributed by atoms with E-state index < -0.39 is 38.9 Å². The summed E-state index contributed by atoms with van der Waals surface area (Å²) in [5.74, 6) is 0.267. The first-order valence-electron chi connectivity index (χ1n) is 11.9. The lowest BCUT2D eigenvalue weighted by molar-refractivity contribution is 0.0976. The molecule has 0 amide bonds. The van der Waals surface area contributed by atoms with Crippen LogP contribution in [0.3, 0.4) is 0 Å². The molecule has 136 valence electrons. The van der Waals surface area contributed by atoms with E-state index in [0.29, 0.717) is 5.75 Å². The molecule has 0 saturated carbocycles. The average molecular weight is 352 g/mol. The van der Waals surface area contributed by atoms with Crippen molar-refractivity contribution in [2.45, 2.75) is 38.6 Å². The molecule has 25 heavy (non-hydrogen) atoms. The van der Waals surface area contributed by atoms with Crippen molar-refractivity contribution in [3.05, 3.63) is 53.6 Å². The maximum absolute atomic E-state index is 10.3. The molecule has 0 aliphatic carbocycles. The second-order valence-electron chi connectivity index (χ2n) is 5.44. The zero-order chi connectivity index (χ0) is 25.1. The molecule has 1 unspecified atom stereocenters. The van der Waals surface area contributed by atoms with Gasteiger partial charge in [-0.25, -0.2) is 0 Å². The largest absolute Gasteiger partial charge is 0.493 e. The maximum Gasteiger partial charge on any atom is 0.160 e. The normalized spacial score (nSPS) is 19.5. The monoisotopic (exact) mass is 352 g/mol. The van der Waals surface area contributed by atoms with Crippen molar-refractivity contribution < 1.29 is 30.3 Å². The van der Waals surface area contributed by atoms with E-state index >= 15 is 0 Å². The van der Waals surface area contributed by atoms with Gasteiger partial charge in [0.2, 0.25) is 0 Å². The Balaban J connectivity index is 2.12. The molecule has 0 saturated heterocycles. The highest BCUT2D eigenvalue weighted by atomic mass is 16.5. The van der Waals surface area contributed by atoms with E-state index in [1.54, 1.807) is 18.2 Å². The number of aliphatic hydroxyl groups is 1. The summed E-state index contributed by atoms with van der Waals surface area (Å²) in [5, 5.41) is 10.3. The molecule has 0 bridgehead atoms. The van der Waals surface area contributed by atoms with Crippen LogP contribution in [0.2, 0.25) is 0 Å². The summed E-state index contributed by atoms with van der Waals surface area (Å²) in [4.78, 5) is 0. The van der Waals surface area contributed by atoms with Crippen molar-refractivity contribution in [3.8, 4) is 17.2 Å². The number of rotatable bonds is 10. The lowest BCUT2D eigenvalue weighted by atomic mass is 10.0. The van der Waals surface area contributed by atoms with E-state index in [0.717, 1.165) is 5.56 Å². The third kappa shape index (κ3) is 6.31. The average Bonchev–Trinajstić information content (AvgIpc) is 2.70. The van der Waals surface area contributed by atoms with Crippen LogP contribution < -0.4 is 14.2 Å². The van der Waals surface area contributed by atoms with E-state index in [-0.39, 0.29) is 23.5 Å². The first kappa shape index (κ1) is 10.7. The van der Waals surface area contributed by atoms with Crippen LogP contribution in [-0.4, -0.2) is 31.9 Å².